The van der Waals surface area contributed by atoms with Gasteiger partial charge >= 0.3 is 0 Å². The maximum atomic E-state index is 11.7. The van der Waals surface area contributed by atoms with Gasteiger partial charge in [0, 0.05) is 25.5 Å². The van der Waals surface area contributed by atoms with Crippen molar-refractivity contribution in [1.82, 2.24) is 4.98 Å². The summed E-state index contributed by atoms with van der Waals surface area (Å²) in [6.07, 6.45) is 0.457. The number of aromatic nitrogens is 1. The zero-order valence-corrected chi connectivity index (χ0v) is 12.2. The van der Waals surface area contributed by atoms with Crippen LogP contribution >= 0.6 is 0 Å². The van der Waals surface area contributed by atoms with Gasteiger partial charge in [-0.15, -0.1) is 0 Å². The molecular formula is C16H16N4O2. The normalized spacial score (nSPS) is 21.0. The number of carbonyl (C=O) groups excluding carboxylic acids is 1. The van der Waals surface area contributed by atoms with Gasteiger partial charge in [0.2, 0.25) is 5.91 Å². The highest BCUT2D eigenvalue weighted by Crippen LogP contribution is 2.29. The summed E-state index contributed by atoms with van der Waals surface area (Å²) in [6, 6.07) is 10.9. The molecule has 1 aliphatic rings. The highest BCUT2D eigenvalue weighted by molar-refractivity contribution is 5.88. The number of hydrogen-bond donors (Lipinski definition) is 1. The molecule has 1 saturated heterocycles. The zero-order valence-electron chi connectivity index (χ0n) is 12.2. The van der Waals surface area contributed by atoms with Crippen LogP contribution in [0.2, 0.25) is 0 Å². The molecule has 2 heterocycles. The molecule has 0 spiro atoms. The van der Waals surface area contributed by atoms with Crippen molar-refractivity contribution in [2.75, 3.05) is 18.6 Å². The second-order valence-electron chi connectivity index (χ2n) is 5.32. The van der Waals surface area contributed by atoms with Crippen molar-refractivity contribution < 1.29 is 9.53 Å². The fourth-order valence-electron chi connectivity index (χ4n) is 2.89. The lowest BCUT2D eigenvalue weighted by Gasteiger charge is -2.23. The third-order valence-electron chi connectivity index (χ3n) is 4.04. The Morgan fingerprint density at radius 2 is 2.27 bits per heavy atom. The van der Waals surface area contributed by atoms with Crippen molar-refractivity contribution in [1.29, 1.82) is 5.26 Å². The summed E-state index contributed by atoms with van der Waals surface area (Å²) in [5, 5.41) is 10.2. The smallest absolute Gasteiger partial charge is 0.240 e. The molecule has 0 bridgehead atoms. The standard InChI is InChI=1S/C16H16N4O2/c1-22-11-7-14(16(18)21)20(9-11)15-6-10(8-17)12-4-2-3-5-13(12)19-15/h2-6,11,14H,7,9H2,1H3,(H2,18,21)/t11-,14-/m0/s1. The minimum absolute atomic E-state index is 0.0729. The summed E-state index contributed by atoms with van der Waals surface area (Å²) in [6.45, 7) is 0.528. The van der Waals surface area contributed by atoms with Gasteiger partial charge in [-0.25, -0.2) is 4.98 Å². The van der Waals surface area contributed by atoms with Crippen molar-refractivity contribution in [3.63, 3.8) is 0 Å². The molecule has 1 aromatic carbocycles. The van der Waals surface area contributed by atoms with Crippen LogP contribution in [0.1, 0.15) is 12.0 Å². The molecule has 3 rings (SSSR count). The molecule has 0 unspecified atom stereocenters. The molecule has 1 aromatic heterocycles. The quantitative estimate of drug-likeness (QED) is 0.918. The first-order valence-corrected chi connectivity index (χ1v) is 7.02. The van der Waals surface area contributed by atoms with E-state index in [1.165, 1.54) is 0 Å². The molecule has 2 aromatic rings. The van der Waals surface area contributed by atoms with E-state index in [4.69, 9.17) is 10.5 Å². The van der Waals surface area contributed by atoms with Crippen LogP contribution in [0, 0.1) is 11.3 Å². The first kappa shape index (κ1) is 14.3. The van der Waals surface area contributed by atoms with Crippen molar-refractivity contribution >= 4 is 22.6 Å². The van der Waals surface area contributed by atoms with Crippen LogP contribution < -0.4 is 10.6 Å². The SMILES string of the molecule is CO[C@H]1C[C@@H](C(N)=O)N(c2cc(C#N)c3ccccc3n2)C1. The van der Waals surface area contributed by atoms with E-state index in [1.807, 2.05) is 29.2 Å². The Hall–Kier alpha value is -2.65. The second kappa shape index (κ2) is 5.62. The number of ether oxygens (including phenoxy) is 1. The number of para-hydroxylation sites is 1. The first-order chi connectivity index (χ1) is 10.6. The maximum Gasteiger partial charge on any atom is 0.240 e. The molecule has 2 atom stereocenters. The number of benzene rings is 1. The van der Waals surface area contributed by atoms with Crippen LogP contribution in [0.15, 0.2) is 30.3 Å². The Morgan fingerprint density at radius 1 is 1.50 bits per heavy atom. The molecule has 6 heteroatoms. The summed E-state index contributed by atoms with van der Waals surface area (Å²) in [4.78, 5) is 18.1. The third kappa shape index (κ3) is 2.36. The number of methoxy groups -OCH3 is 1. The van der Waals surface area contributed by atoms with Crippen LogP contribution in [0.4, 0.5) is 5.82 Å². The predicted octanol–water partition coefficient (Wildman–Crippen LogP) is 1.19. The Kier molecular flexibility index (Phi) is 3.65. The van der Waals surface area contributed by atoms with Gasteiger partial charge < -0.3 is 15.4 Å². The van der Waals surface area contributed by atoms with Crippen molar-refractivity contribution in [2.24, 2.45) is 5.73 Å². The van der Waals surface area contributed by atoms with Crippen LogP contribution in [-0.4, -0.2) is 36.7 Å². The van der Waals surface area contributed by atoms with Crippen LogP contribution in [0.25, 0.3) is 10.9 Å². The van der Waals surface area contributed by atoms with Crippen LogP contribution in [0.5, 0.6) is 0 Å². The lowest BCUT2D eigenvalue weighted by atomic mass is 10.1. The average Bonchev–Trinajstić information content (AvgIpc) is 2.98. The Labute approximate surface area is 128 Å². The number of fused-ring (bicyclic) bond motifs is 1. The van der Waals surface area contributed by atoms with E-state index in [9.17, 15) is 10.1 Å². The minimum atomic E-state index is -0.467. The number of pyridine rings is 1. The lowest BCUT2D eigenvalue weighted by Crippen LogP contribution is -2.40. The average molecular weight is 296 g/mol. The van der Waals surface area contributed by atoms with Gasteiger partial charge in [0.1, 0.15) is 11.9 Å². The fraction of sp³-hybridized carbons (Fsp3) is 0.312. The largest absolute Gasteiger partial charge is 0.380 e. The Balaban J connectivity index is 2.09. The number of nitriles is 1. The van der Waals surface area contributed by atoms with Gasteiger partial charge in [0.05, 0.1) is 23.3 Å². The number of anilines is 1. The first-order valence-electron chi connectivity index (χ1n) is 7.02. The fourth-order valence-corrected chi connectivity index (χ4v) is 2.89. The van der Waals surface area contributed by atoms with E-state index < -0.39 is 11.9 Å². The molecular weight excluding hydrogens is 280 g/mol. The van der Waals surface area contributed by atoms with Gasteiger partial charge in [0.15, 0.2) is 0 Å². The van der Waals surface area contributed by atoms with Gasteiger partial charge in [0.25, 0.3) is 0 Å². The van der Waals surface area contributed by atoms with Crippen LogP contribution in [-0.2, 0) is 9.53 Å². The van der Waals surface area contributed by atoms with Gasteiger partial charge in [-0.2, -0.15) is 5.26 Å². The highest BCUT2D eigenvalue weighted by atomic mass is 16.5. The Morgan fingerprint density at radius 3 is 2.95 bits per heavy atom. The molecule has 0 radical (unpaired) electrons. The molecule has 2 N–H and O–H groups in total. The van der Waals surface area contributed by atoms with E-state index in [0.29, 0.717) is 24.3 Å². The summed E-state index contributed by atoms with van der Waals surface area (Å²) < 4.78 is 5.35. The third-order valence-corrected chi connectivity index (χ3v) is 4.04. The second-order valence-corrected chi connectivity index (χ2v) is 5.32. The van der Waals surface area contributed by atoms with Crippen molar-refractivity contribution in [2.45, 2.75) is 18.6 Å². The van der Waals surface area contributed by atoms with Crippen molar-refractivity contribution in [3.05, 3.63) is 35.9 Å². The zero-order chi connectivity index (χ0) is 15.7. The van der Waals surface area contributed by atoms with Gasteiger partial charge in [-0.05, 0) is 12.1 Å². The molecule has 1 amide bonds. The number of carbonyl (C=O) groups is 1. The number of rotatable bonds is 3. The predicted molar refractivity (Wildman–Crippen MR) is 82.2 cm³/mol. The molecule has 6 nitrogen and oxygen atoms in total. The number of hydrogen-bond acceptors (Lipinski definition) is 5. The Bertz CT molecular complexity index is 768. The van der Waals surface area contributed by atoms with Crippen molar-refractivity contribution in [3.8, 4) is 6.07 Å². The van der Waals surface area contributed by atoms with Gasteiger partial charge in [-0.3, -0.25) is 4.79 Å². The van der Waals surface area contributed by atoms with Gasteiger partial charge in [-0.1, -0.05) is 18.2 Å². The minimum Gasteiger partial charge on any atom is -0.380 e. The lowest BCUT2D eigenvalue weighted by molar-refractivity contribution is -0.119. The summed E-state index contributed by atoms with van der Waals surface area (Å²) in [7, 11) is 1.61. The van der Waals surface area contributed by atoms with E-state index in [0.717, 1.165) is 10.9 Å². The van der Waals surface area contributed by atoms with E-state index >= 15 is 0 Å². The monoisotopic (exact) mass is 296 g/mol. The number of amides is 1. The summed E-state index contributed by atoms with van der Waals surface area (Å²) in [5.74, 6) is 0.173. The van der Waals surface area contributed by atoms with E-state index in [1.54, 1.807) is 13.2 Å². The maximum absolute atomic E-state index is 11.7. The topological polar surface area (TPSA) is 92.2 Å². The molecule has 22 heavy (non-hydrogen) atoms. The molecule has 1 aliphatic heterocycles. The molecule has 112 valence electrons. The number of nitrogens with zero attached hydrogens (tertiary/aromatic N) is 3. The highest BCUT2D eigenvalue weighted by Gasteiger charge is 2.36. The van der Waals surface area contributed by atoms with E-state index in [2.05, 4.69) is 11.1 Å². The van der Waals surface area contributed by atoms with Crippen LogP contribution in [0.3, 0.4) is 0 Å². The summed E-state index contributed by atoms with van der Waals surface area (Å²) in [5.41, 5.74) is 6.75. The molecule has 0 saturated carbocycles. The summed E-state index contributed by atoms with van der Waals surface area (Å²) >= 11 is 0. The number of nitrogens with two attached hydrogens (primary N) is 1. The van der Waals surface area contributed by atoms with E-state index in [-0.39, 0.29) is 6.10 Å². The molecule has 0 aliphatic carbocycles. The number of primary amides is 1. The molecule has 1 fully saturated rings.